The predicted molar refractivity (Wildman–Crippen MR) is 64.3 cm³/mol. The fraction of sp³-hybridized carbons (Fsp3) is 0.667. The summed E-state index contributed by atoms with van der Waals surface area (Å²) >= 11 is 0. The maximum absolute atomic E-state index is 11.7. The van der Waals surface area contributed by atoms with Gasteiger partial charge in [-0.15, -0.1) is 0 Å². The van der Waals surface area contributed by atoms with Gasteiger partial charge in [0.15, 0.2) is 0 Å². The van der Waals surface area contributed by atoms with Crippen LogP contribution < -0.4 is 0 Å². The second-order valence-corrected chi connectivity index (χ2v) is 4.00. The molecule has 114 valence electrons. The first-order chi connectivity index (χ1) is 9.32. The Balaban J connectivity index is 4.25. The van der Waals surface area contributed by atoms with Crippen LogP contribution in [0.4, 0.5) is 0 Å². The lowest BCUT2D eigenvalue weighted by Crippen LogP contribution is -2.25. The van der Waals surface area contributed by atoms with Gasteiger partial charge in [0.2, 0.25) is 6.79 Å². The Morgan fingerprint density at radius 3 is 2.10 bits per heavy atom. The summed E-state index contributed by atoms with van der Waals surface area (Å²) in [5, 5.41) is 8.53. The van der Waals surface area contributed by atoms with Crippen molar-refractivity contribution in [2.75, 3.05) is 13.4 Å². The molecule has 0 aromatic rings. The summed E-state index contributed by atoms with van der Waals surface area (Å²) in [7, 11) is 0. The van der Waals surface area contributed by atoms with Crippen molar-refractivity contribution in [3.63, 3.8) is 0 Å². The van der Waals surface area contributed by atoms with Gasteiger partial charge in [0.25, 0.3) is 0 Å². The number of esters is 3. The molecule has 1 unspecified atom stereocenters. The van der Waals surface area contributed by atoms with E-state index in [2.05, 4.69) is 9.47 Å². The molecule has 0 saturated carbocycles. The minimum Gasteiger partial charge on any atom is -0.481 e. The van der Waals surface area contributed by atoms with Crippen LogP contribution in [0.1, 0.15) is 33.1 Å². The van der Waals surface area contributed by atoms with Gasteiger partial charge in [-0.05, 0) is 12.8 Å². The number of carboxylic acid groups (broad SMARTS) is 1. The van der Waals surface area contributed by atoms with Crippen LogP contribution in [0.5, 0.6) is 0 Å². The van der Waals surface area contributed by atoms with Crippen LogP contribution in [-0.4, -0.2) is 42.4 Å². The normalized spacial score (nSPS) is 11.3. The van der Waals surface area contributed by atoms with Crippen LogP contribution in [0, 0.1) is 5.92 Å². The van der Waals surface area contributed by atoms with Crippen molar-refractivity contribution >= 4 is 23.9 Å². The maximum atomic E-state index is 11.7. The largest absolute Gasteiger partial charge is 0.481 e. The third-order valence-corrected chi connectivity index (χ3v) is 2.23. The second-order valence-electron chi connectivity index (χ2n) is 4.00. The van der Waals surface area contributed by atoms with E-state index in [1.54, 1.807) is 0 Å². The smallest absolute Gasteiger partial charge is 0.315 e. The van der Waals surface area contributed by atoms with E-state index in [4.69, 9.17) is 9.84 Å². The number of hydrogen-bond donors (Lipinski definition) is 1. The van der Waals surface area contributed by atoms with E-state index in [1.807, 2.05) is 0 Å². The Bertz CT molecular complexity index is 362. The highest BCUT2D eigenvalue weighted by Crippen LogP contribution is 2.12. The van der Waals surface area contributed by atoms with Crippen molar-refractivity contribution in [1.29, 1.82) is 0 Å². The van der Waals surface area contributed by atoms with Crippen molar-refractivity contribution < 1.29 is 38.5 Å². The number of aliphatic carboxylic acids is 1. The van der Waals surface area contributed by atoms with Gasteiger partial charge < -0.3 is 19.3 Å². The van der Waals surface area contributed by atoms with Crippen LogP contribution in [0.25, 0.3) is 0 Å². The summed E-state index contributed by atoms with van der Waals surface area (Å²) in [4.78, 5) is 43.3. The molecular weight excluding hydrogens is 272 g/mol. The van der Waals surface area contributed by atoms with E-state index in [0.29, 0.717) is 0 Å². The molecule has 0 spiro atoms. The Morgan fingerprint density at radius 1 is 1.00 bits per heavy atom. The van der Waals surface area contributed by atoms with Gasteiger partial charge in [-0.1, -0.05) is 0 Å². The zero-order valence-corrected chi connectivity index (χ0v) is 11.4. The molecule has 0 aromatic heterocycles. The third kappa shape index (κ3) is 9.86. The van der Waals surface area contributed by atoms with Crippen molar-refractivity contribution in [2.45, 2.75) is 33.1 Å². The minimum absolute atomic E-state index is 0.103. The zero-order chi connectivity index (χ0) is 15.5. The standard InChI is InChI=1S/C12H18O8/c1-8(13)18-6-10(4-3-5-11(15)16)12(17)20-7-19-9(2)14/h10H,3-7H2,1-2H3,(H,15,16). The lowest BCUT2D eigenvalue weighted by Gasteiger charge is -2.15. The van der Waals surface area contributed by atoms with E-state index >= 15 is 0 Å². The van der Waals surface area contributed by atoms with E-state index in [0.717, 1.165) is 6.92 Å². The maximum Gasteiger partial charge on any atom is 0.315 e. The predicted octanol–water partition coefficient (Wildman–Crippen LogP) is 0.484. The van der Waals surface area contributed by atoms with E-state index in [-0.39, 0.29) is 25.9 Å². The van der Waals surface area contributed by atoms with Crippen LogP contribution in [0.2, 0.25) is 0 Å². The van der Waals surface area contributed by atoms with Crippen molar-refractivity contribution in [1.82, 2.24) is 0 Å². The molecule has 0 amide bonds. The lowest BCUT2D eigenvalue weighted by molar-refractivity contribution is -0.171. The molecule has 0 aliphatic heterocycles. The molecule has 0 aliphatic carbocycles. The number of rotatable bonds is 9. The highest BCUT2D eigenvalue weighted by atomic mass is 16.7. The molecule has 0 aliphatic rings. The quantitative estimate of drug-likeness (QED) is 0.481. The van der Waals surface area contributed by atoms with Crippen molar-refractivity contribution in [3.8, 4) is 0 Å². The fourth-order valence-corrected chi connectivity index (χ4v) is 1.28. The number of carboxylic acids is 1. The lowest BCUT2D eigenvalue weighted by atomic mass is 10.0. The highest BCUT2D eigenvalue weighted by Gasteiger charge is 2.22. The Hall–Kier alpha value is -2.12. The average molecular weight is 290 g/mol. The second kappa shape index (κ2) is 9.76. The molecule has 0 rings (SSSR count). The van der Waals surface area contributed by atoms with E-state index < -0.39 is 36.6 Å². The first-order valence-electron chi connectivity index (χ1n) is 5.98. The van der Waals surface area contributed by atoms with Crippen molar-refractivity contribution in [2.24, 2.45) is 5.92 Å². The molecule has 8 nitrogen and oxygen atoms in total. The van der Waals surface area contributed by atoms with Crippen LogP contribution in [-0.2, 0) is 33.4 Å². The first kappa shape index (κ1) is 17.9. The zero-order valence-electron chi connectivity index (χ0n) is 11.4. The summed E-state index contributed by atoms with van der Waals surface area (Å²) in [6, 6.07) is 0. The van der Waals surface area contributed by atoms with Crippen molar-refractivity contribution in [3.05, 3.63) is 0 Å². The molecular formula is C12H18O8. The summed E-state index contributed by atoms with van der Waals surface area (Å²) in [5.74, 6) is -3.63. The van der Waals surface area contributed by atoms with Gasteiger partial charge in [0.1, 0.15) is 6.61 Å². The number of ether oxygens (including phenoxy) is 3. The number of hydrogen-bond acceptors (Lipinski definition) is 7. The van der Waals surface area contributed by atoms with Gasteiger partial charge in [0, 0.05) is 20.3 Å². The Labute approximate surface area is 116 Å². The molecule has 0 fully saturated rings. The van der Waals surface area contributed by atoms with Crippen LogP contribution in [0.3, 0.4) is 0 Å². The van der Waals surface area contributed by atoms with Gasteiger partial charge in [-0.2, -0.15) is 0 Å². The number of carbonyl (C=O) groups is 4. The summed E-state index contributed by atoms with van der Waals surface area (Å²) in [5.41, 5.74) is 0. The molecule has 1 atom stereocenters. The molecule has 0 bridgehead atoms. The third-order valence-electron chi connectivity index (χ3n) is 2.23. The SMILES string of the molecule is CC(=O)OCOC(=O)C(CCCC(=O)O)COC(C)=O. The Morgan fingerprint density at radius 2 is 1.60 bits per heavy atom. The molecule has 0 saturated heterocycles. The molecule has 0 radical (unpaired) electrons. The van der Waals surface area contributed by atoms with Gasteiger partial charge in [-0.25, -0.2) is 0 Å². The van der Waals surface area contributed by atoms with Gasteiger partial charge in [-0.3, -0.25) is 19.2 Å². The highest BCUT2D eigenvalue weighted by molar-refractivity contribution is 5.74. The Kier molecular flexibility index (Phi) is 8.73. The van der Waals surface area contributed by atoms with Crippen LogP contribution in [0.15, 0.2) is 0 Å². The fourth-order valence-electron chi connectivity index (χ4n) is 1.28. The average Bonchev–Trinajstić information content (AvgIpc) is 2.32. The number of carbonyl (C=O) groups excluding carboxylic acids is 3. The monoisotopic (exact) mass is 290 g/mol. The topological polar surface area (TPSA) is 116 Å². The van der Waals surface area contributed by atoms with E-state index in [1.165, 1.54) is 6.92 Å². The molecule has 8 heteroatoms. The minimum atomic E-state index is -0.982. The summed E-state index contributed by atoms with van der Waals surface area (Å²) < 4.78 is 13.8. The first-order valence-corrected chi connectivity index (χ1v) is 5.98. The van der Waals surface area contributed by atoms with E-state index in [9.17, 15) is 19.2 Å². The van der Waals surface area contributed by atoms with Gasteiger partial charge in [0.05, 0.1) is 5.92 Å². The molecule has 20 heavy (non-hydrogen) atoms. The molecule has 0 heterocycles. The summed E-state index contributed by atoms with van der Waals surface area (Å²) in [6.07, 6.45) is 0.330. The van der Waals surface area contributed by atoms with Crippen LogP contribution >= 0.6 is 0 Å². The summed E-state index contributed by atoms with van der Waals surface area (Å²) in [6.45, 7) is 1.63. The van der Waals surface area contributed by atoms with Gasteiger partial charge >= 0.3 is 23.9 Å². The molecule has 0 aromatic carbocycles. The molecule has 1 N–H and O–H groups in total.